The first-order chi connectivity index (χ1) is 14.0. The highest BCUT2D eigenvalue weighted by Gasteiger charge is 2.30. The van der Waals surface area contributed by atoms with Gasteiger partial charge in [0.05, 0.1) is 0 Å². The normalized spacial score (nSPS) is 20.3. The molecule has 6 nitrogen and oxygen atoms in total. The first kappa shape index (κ1) is 22.7. The fourth-order valence-electron chi connectivity index (χ4n) is 3.28. The summed E-state index contributed by atoms with van der Waals surface area (Å²) in [5, 5.41) is 0. The van der Waals surface area contributed by atoms with Gasteiger partial charge in [0.15, 0.2) is 0 Å². The summed E-state index contributed by atoms with van der Waals surface area (Å²) in [6.07, 6.45) is 0.949. The van der Waals surface area contributed by atoms with Crippen LogP contribution in [0.25, 0.3) is 0 Å². The van der Waals surface area contributed by atoms with E-state index in [1.54, 1.807) is 0 Å². The number of benzene rings is 2. The van der Waals surface area contributed by atoms with Gasteiger partial charge in [-0.25, -0.2) is 43.8 Å². The van der Waals surface area contributed by atoms with Crippen LogP contribution in [0.5, 0.6) is 0 Å². The van der Waals surface area contributed by atoms with Gasteiger partial charge in [0.2, 0.25) is 20.0 Å². The number of hydrogen-bond donors (Lipinski definition) is 2. The Morgan fingerprint density at radius 1 is 0.633 bits per heavy atom. The molecule has 0 atom stereocenters. The molecule has 1 aliphatic rings. The molecule has 0 amide bonds. The molecule has 2 aromatic rings. The van der Waals surface area contributed by atoms with E-state index in [0.29, 0.717) is 12.1 Å². The van der Waals surface area contributed by atoms with Crippen molar-refractivity contribution in [2.24, 2.45) is 0 Å². The Morgan fingerprint density at radius 3 is 1.27 bits per heavy atom. The van der Waals surface area contributed by atoms with Crippen molar-refractivity contribution in [3.8, 4) is 0 Å². The van der Waals surface area contributed by atoms with Crippen LogP contribution in [0.1, 0.15) is 25.7 Å². The summed E-state index contributed by atoms with van der Waals surface area (Å²) < 4.78 is 108. The minimum Gasteiger partial charge on any atom is -0.208 e. The van der Waals surface area contributed by atoms with Crippen LogP contribution < -0.4 is 9.44 Å². The van der Waals surface area contributed by atoms with Crippen molar-refractivity contribution < 1.29 is 34.4 Å². The number of rotatable bonds is 6. The van der Waals surface area contributed by atoms with Gasteiger partial charge in [-0.1, -0.05) is 0 Å². The van der Waals surface area contributed by atoms with Gasteiger partial charge in [-0.05, 0) is 49.9 Å². The van der Waals surface area contributed by atoms with Crippen molar-refractivity contribution in [1.82, 2.24) is 9.44 Å². The zero-order chi connectivity index (χ0) is 22.1. The molecule has 0 spiro atoms. The molecular formula is C18H18F4N2O4S2. The minimum absolute atomic E-state index is 0.237. The summed E-state index contributed by atoms with van der Waals surface area (Å²) in [4.78, 5) is -1.36. The van der Waals surface area contributed by atoms with E-state index in [1.807, 2.05) is 0 Å². The van der Waals surface area contributed by atoms with E-state index in [-0.39, 0.29) is 25.7 Å². The second-order valence-corrected chi connectivity index (χ2v) is 10.3. The standard InChI is InChI=1S/C18H18F4N2O4S2/c19-11-1-7-17(15(21)9-11)29(25,26)23-13-3-5-14(6-4-13)24-30(27,28)18-8-2-12(20)10-16(18)22/h1-2,7-10,13-14,23-24H,3-6H2. The lowest BCUT2D eigenvalue weighted by molar-refractivity contribution is 0.355. The fraction of sp³-hybridized carbons (Fsp3) is 0.333. The summed E-state index contributed by atoms with van der Waals surface area (Å²) >= 11 is 0. The van der Waals surface area contributed by atoms with E-state index in [4.69, 9.17) is 0 Å². The second-order valence-electron chi connectivity index (χ2n) is 6.94. The third-order valence-electron chi connectivity index (χ3n) is 4.74. The fourth-order valence-corrected chi connectivity index (χ4v) is 6.01. The van der Waals surface area contributed by atoms with Crippen LogP contribution in [0, 0.1) is 23.3 Å². The summed E-state index contributed by atoms with van der Waals surface area (Å²) in [5.41, 5.74) is 0. The molecular weight excluding hydrogens is 448 g/mol. The Balaban J connectivity index is 1.62. The predicted octanol–water partition coefficient (Wildman–Crippen LogP) is 2.81. The molecule has 1 aliphatic carbocycles. The molecule has 0 saturated heterocycles. The monoisotopic (exact) mass is 466 g/mol. The highest BCUT2D eigenvalue weighted by atomic mass is 32.2. The second kappa shape index (κ2) is 8.61. The van der Waals surface area contributed by atoms with E-state index < -0.39 is 65.2 Å². The first-order valence-corrected chi connectivity index (χ1v) is 11.9. The lowest BCUT2D eigenvalue weighted by atomic mass is 9.92. The van der Waals surface area contributed by atoms with Crippen molar-refractivity contribution in [3.63, 3.8) is 0 Å². The molecule has 0 radical (unpaired) electrons. The number of halogens is 4. The zero-order valence-corrected chi connectivity index (χ0v) is 17.0. The van der Waals surface area contributed by atoms with Crippen LogP contribution in [0.15, 0.2) is 46.2 Å². The Kier molecular flexibility index (Phi) is 6.51. The van der Waals surface area contributed by atoms with Crippen molar-refractivity contribution in [2.45, 2.75) is 47.6 Å². The van der Waals surface area contributed by atoms with E-state index in [0.717, 1.165) is 24.3 Å². The van der Waals surface area contributed by atoms with Gasteiger partial charge >= 0.3 is 0 Å². The SMILES string of the molecule is O=S(=O)(NC1CCC(NS(=O)(=O)c2ccc(F)cc2F)CC1)c1ccc(F)cc1F. The molecule has 164 valence electrons. The maximum atomic E-state index is 13.8. The maximum Gasteiger partial charge on any atom is 0.243 e. The first-order valence-electron chi connectivity index (χ1n) is 8.93. The van der Waals surface area contributed by atoms with Crippen LogP contribution in [0.3, 0.4) is 0 Å². The molecule has 0 heterocycles. The average molecular weight is 466 g/mol. The maximum absolute atomic E-state index is 13.8. The summed E-state index contributed by atoms with van der Waals surface area (Å²) in [7, 11) is -8.46. The van der Waals surface area contributed by atoms with Crippen LogP contribution in [0.4, 0.5) is 17.6 Å². The van der Waals surface area contributed by atoms with Gasteiger partial charge in [0.1, 0.15) is 33.1 Å². The van der Waals surface area contributed by atoms with Gasteiger partial charge in [-0.2, -0.15) is 0 Å². The number of hydrogen-bond acceptors (Lipinski definition) is 4. The van der Waals surface area contributed by atoms with E-state index >= 15 is 0 Å². The van der Waals surface area contributed by atoms with Crippen LogP contribution in [-0.2, 0) is 20.0 Å². The van der Waals surface area contributed by atoms with E-state index in [9.17, 15) is 34.4 Å². The van der Waals surface area contributed by atoms with Crippen molar-refractivity contribution in [3.05, 3.63) is 59.7 Å². The smallest absolute Gasteiger partial charge is 0.208 e. The topological polar surface area (TPSA) is 92.3 Å². The quantitative estimate of drug-likeness (QED) is 0.641. The summed E-state index contributed by atoms with van der Waals surface area (Å²) in [5.74, 6) is -4.25. The predicted molar refractivity (Wildman–Crippen MR) is 99.4 cm³/mol. The van der Waals surface area contributed by atoms with Crippen molar-refractivity contribution >= 4 is 20.0 Å². The van der Waals surface area contributed by atoms with Crippen molar-refractivity contribution in [2.75, 3.05) is 0 Å². The Labute approximate surface area is 171 Å². The Morgan fingerprint density at radius 2 is 0.967 bits per heavy atom. The highest BCUT2D eigenvalue weighted by Crippen LogP contribution is 2.24. The molecule has 0 unspecified atom stereocenters. The largest absolute Gasteiger partial charge is 0.243 e. The average Bonchev–Trinajstić information content (AvgIpc) is 2.62. The van der Waals surface area contributed by atoms with Gasteiger partial charge in [-0.3, -0.25) is 0 Å². The lowest BCUT2D eigenvalue weighted by Crippen LogP contribution is -2.44. The summed E-state index contributed by atoms with van der Waals surface area (Å²) in [6.45, 7) is 0. The molecule has 0 aromatic heterocycles. The lowest BCUT2D eigenvalue weighted by Gasteiger charge is -2.29. The van der Waals surface area contributed by atoms with Gasteiger partial charge in [0, 0.05) is 24.2 Å². The molecule has 3 rings (SSSR count). The van der Waals surface area contributed by atoms with Gasteiger partial charge in [-0.15, -0.1) is 0 Å². The van der Waals surface area contributed by atoms with Crippen LogP contribution in [-0.4, -0.2) is 28.9 Å². The molecule has 12 heteroatoms. The van der Waals surface area contributed by atoms with Crippen LogP contribution >= 0.6 is 0 Å². The number of sulfonamides is 2. The Bertz CT molecular complexity index is 1060. The van der Waals surface area contributed by atoms with Gasteiger partial charge in [0.25, 0.3) is 0 Å². The third kappa shape index (κ3) is 5.17. The molecule has 2 aromatic carbocycles. The van der Waals surface area contributed by atoms with Crippen LogP contribution in [0.2, 0.25) is 0 Å². The molecule has 0 aliphatic heterocycles. The van der Waals surface area contributed by atoms with E-state index in [1.165, 1.54) is 0 Å². The molecule has 2 N–H and O–H groups in total. The van der Waals surface area contributed by atoms with Gasteiger partial charge < -0.3 is 0 Å². The summed E-state index contributed by atoms with van der Waals surface area (Å²) in [6, 6.07) is 3.08. The Hall–Kier alpha value is -2.02. The third-order valence-corrected chi connectivity index (χ3v) is 7.85. The molecule has 1 fully saturated rings. The minimum atomic E-state index is -4.23. The zero-order valence-electron chi connectivity index (χ0n) is 15.4. The van der Waals surface area contributed by atoms with Crippen molar-refractivity contribution in [1.29, 1.82) is 0 Å². The molecule has 30 heavy (non-hydrogen) atoms. The highest BCUT2D eigenvalue weighted by molar-refractivity contribution is 7.89. The van der Waals surface area contributed by atoms with E-state index in [2.05, 4.69) is 9.44 Å². The number of nitrogens with one attached hydrogen (secondary N) is 2. The molecule has 1 saturated carbocycles. The molecule has 0 bridgehead atoms.